The van der Waals surface area contributed by atoms with Crippen molar-refractivity contribution in [3.63, 3.8) is 0 Å². The molecule has 0 spiro atoms. The summed E-state index contributed by atoms with van der Waals surface area (Å²) < 4.78 is 5.91. The van der Waals surface area contributed by atoms with Crippen molar-refractivity contribution < 1.29 is 9.53 Å². The summed E-state index contributed by atoms with van der Waals surface area (Å²) in [5.41, 5.74) is 2.17. The molecule has 3 heteroatoms. The molecule has 0 radical (unpaired) electrons. The number of benzene rings is 2. The molecule has 0 aliphatic heterocycles. The molecule has 0 heterocycles. The first-order valence-electron chi connectivity index (χ1n) is 8.57. The Morgan fingerprint density at radius 1 is 0.875 bits per heavy atom. The molecule has 128 valence electrons. The molecular formula is C21H27NO2. The zero-order valence-electron chi connectivity index (χ0n) is 15.0. The van der Waals surface area contributed by atoms with Gasteiger partial charge in [-0.2, -0.15) is 0 Å². The Kier molecular flexibility index (Phi) is 6.42. The molecule has 1 unspecified atom stereocenters. The molecule has 0 saturated heterocycles. The fourth-order valence-electron chi connectivity index (χ4n) is 2.92. The molecule has 2 aromatic rings. The lowest BCUT2D eigenvalue weighted by Gasteiger charge is -2.31. The van der Waals surface area contributed by atoms with E-state index in [2.05, 4.69) is 12.1 Å². The van der Waals surface area contributed by atoms with Gasteiger partial charge in [0.1, 0.15) is 6.10 Å². The van der Waals surface area contributed by atoms with Gasteiger partial charge in [0.15, 0.2) is 0 Å². The summed E-state index contributed by atoms with van der Waals surface area (Å²) in [4.78, 5) is 14.5. The van der Waals surface area contributed by atoms with E-state index in [0.717, 1.165) is 11.1 Å². The second-order valence-electron chi connectivity index (χ2n) is 6.57. The topological polar surface area (TPSA) is 29.5 Å². The van der Waals surface area contributed by atoms with Gasteiger partial charge < -0.3 is 9.64 Å². The molecule has 0 aromatic heterocycles. The van der Waals surface area contributed by atoms with Gasteiger partial charge in [-0.05, 0) is 38.8 Å². The van der Waals surface area contributed by atoms with E-state index in [-0.39, 0.29) is 24.3 Å². The van der Waals surface area contributed by atoms with E-state index in [9.17, 15) is 4.79 Å². The van der Waals surface area contributed by atoms with Crippen LogP contribution in [0.15, 0.2) is 60.7 Å². The molecule has 2 rings (SSSR count). The Morgan fingerprint density at radius 3 is 1.88 bits per heavy atom. The number of rotatable bonds is 6. The first-order chi connectivity index (χ1) is 11.5. The molecule has 0 fully saturated rings. The molecule has 0 aliphatic carbocycles. The molecule has 2 aromatic carbocycles. The molecule has 3 nitrogen and oxygen atoms in total. The largest absolute Gasteiger partial charge is 0.441 e. The fraction of sp³-hybridized carbons (Fsp3) is 0.381. The van der Waals surface area contributed by atoms with Crippen molar-refractivity contribution in [3.8, 4) is 0 Å². The number of hydrogen-bond acceptors (Lipinski definition) is 2. The van der Waals surface area contributed by atoms with E-state index in [1.807, 2.05) is 76.2 Å². The predicted molar refractivity (Wildman–Crippen MR) is 97.9 cm³/mol. The van der Waals surface area contributed by atoms with Crippen LogP contribution in [0.3, 0.4) is 0 Å². The Hall–Kier alpha value is -2.29. The number of ether oxygens (including phenoxy) is 1. The van der Waals surface area contributed by atoms with Crippen LogP contribution in [0.2, 0.25) is 0 Å². The molecule has 1 atom stereocenters. The van der Waals surface area contributed by atoms with Crippen molar-refractivity contribution in [3.05, 3.63) is 71.8 Å². The third-order valence-corrected chi connectivity index (χ3v) is 4.00. The zero-order valence-corrected chi connectivity index (χ0v) is 15.0. The summed E-state index contributed by atoms with van der Waals surface area (Å²) in [7, 11) is 0. The van der Waals surface area contributed by atoms with Crippen molar-refractivity contribution in [1.82, 2.24) is 4.90 Å². The Morgan fingerprint density at radius 2 is 1.38 bits per heavy atom. The highest BCUT2D eigenvalue weighted by Crippen LogP contribution is 2.24. The average molecular weight is 325 g/mol. The minimum atomic E-state index is -0.291. The standard InChI is InChI=1S/C21H27NO2/c1-16(2)22(17(3)4)21(23)24-20(19-13-9-6-10-14-19)15-18-11-7-5-8-12-18/h5-14,16-17,20H,15H2,1-4H3. The van der Waals surface area contributed by atoms with Crippen LogP contribution in [0.25, 0.3) is 0 Å². The van der Waals surface area contributed by atoms with Gasteiger partial charge in [0, 0.05) is 18.5 Å². The van der Waals surface area contributed by atoms with Crippen molar-refractivity contribution in [2.75, 3.05) is 0 Å². The third kappa shape index (κ3) is 4.85. The Labute approximate surface area is 145 Å². The van der Waals surface area contributed by atoms with Crippen LogP contribution in [0.5, 0.6) is 0 Å². The second kappa shape index (κ2) is 8.53. The van der Waals surface area contributed by atoms with Gasteiger partial charge in [0.25, 0.3) is 0 Å². The van der Waals surface area contributed by atoms with E-state index < -0.39 is 0 Å². The van der Waals surface area contributed by atoms with E-state index in [1.54, 1.807) is 4.90 Å². The van der Waals surface area contributed by atoms with Crippen molar-refractivity contribution >= 4 is 6.09 Å². The SMILES string of the molecule is CC(C)N(C(=O)OC(Cc1ccccc1)c1ccccc1)C(C)C. The average Bonchev–Trinajstić information content (AvgIpc) is 2.55. The number of hydrogen-bond donors (Lipinski definition) is 0. The number of carbonyl (C=O) groups is 1. The van der Waals surface area contributed by atoms with Crippen LogP contribution in [0.1, 0.15) is 44.9 Å². The van der Waals surface area contributed by atoms with E-state index in [1.165, 1.54) is 0 Å². The second-order valence-corrected chi connectivity index (χ2v) is 6.57. The normalized spacial score (nSPS) is 12.2. The van der Waals surface area contributed by atoms with Gasteiger partial charge in [-0.3, -0.25) is 0 Å². The highest BCUT2D eigenvalue weighted by Gasteiger charge is 2.25. The highest BCUT2D eigenvalue weighted by molar-refractivity contribution is 5.68. The van der Waals surface area contributed by atoms with Gasteiger partial charge in [-0.1, -0.05) is 60.7 Å². The molecule has 0 aliphatic rings. The number of carbonyl (C=O) groups excluding carboxylic acids is 1. The van der Waals surface area contributed by atoms with Gasteiger partial charge in [-0.15, -0.1) is 0 Å². The molecule has 24 heavy (non-hydrogen) atoms. The number of nitrogens with zero attached hydrogens (tertiary/aromatic N) is 1. The molecule has 0 bridgehead atoms. The van der Waals surface area contributed by atoms with Crippen molar-refractivity contribution in [2.24, 2.45) is 0 Å². The first-order valence-corrected chi connectivity index (χ1v) is 8.57. The van der Waals surface area contributed by atoms with Gasteiger partial charge >= 0.3 is 6.09 Å². The maximum atomic E-state index is 12.7. The quantitative estimate of drug-likeness (QED) is 0.728. The lowest BCUT2D eigenvalue weighted by atomic mass is 10.0. The van der Waals surface area contributed by atoms with E-state index >= 15 is 0 Å². The summed E-state index contributed by atoms with van der Waals surface area (Å²) in [5, 5.41) is 0. The van der Waals surface area contributed by atoms with Crippen LogP contribution in [0.4, 0.5) is 4.79 Å². The fourth-order valence-corrected chi connectivity index (χ4v) is 2.92. The summed E-state index contributed by atoms with van der Waals surface area (Å²) in [6.07, 6.45) is 0.117. The first kappa shape index (κ1) is 18.1. The third-order valence-electron chi connectivity index (χ3n) is 4.00. The predicted octanol–water partition coefficient (Wildman–Crippen LogP) is 5.23. The minimum absolute atomic E-state index is 0.102. The van der Waals surface area contributed by atoms with Crippen LogP contribution in [-0.2, 0) is 11.2 Å². The summed E-state index contributed by atoms with van der Waals surface area (Å²) >= 11 is 0. The molecule has 0 saturated carbocycles. The van der Waals surface area contributed by atoms with Gasteiger partial charge in [0.2, 0.25) is 0 Å². The van der Waals surface area contributed by atoms with Crippen LogP contribution < -0.4 is 0 Å². The Balaban J connectivity index is 2.21. The van der Waals surface area contributed by atoms with Gasteiger partial charge in [0.05, 0.1) is 0 Å². The van der Waals surface area contributed by atoms with Crippen LogP contribution >= 0.6 is 0 Å². The van der Waals surface area contributed by atoms with Crippen molar-refractivity contribution in [1.29, 1.82) is 0 Å². The molecule has 0 N–H and O–H groups in total. The molecule has 1 amide bonds. The summed E-state index contributed by atoms with van der Waals surface area (Å²) in [6.45, 7) is 8.04. The van der Waals surface area contributed by atoms with Crippen LogP contribution in [0, 0.1) is 0 Å². The lowest BCUT2D eigenvalue weighted by Crippen LogP contribution is -2.43. The molecular weight excluding hydrogens is 298 g/mol. The smallest absolute Gasteiger partial charge is 0.410 e. The Bertz CT molecular complexity index is 615. The van der Waals surface area contributed by atoms with Gasteiger partial charge in [-0.25, -0.2) is 4.79 Å². The maximum absolute atomic E-state index is 12.7. The maximum Gasteiger partial charge on any atom is 0.410 e. The summed E-state index contributed by atoms with van der Waals surface area (Å²) in [6, 6.07) is 20.3. The van der Waals surface area contributed by atoms with E-state index in [0.29, 0.717) is 6.42 Å². The van der Waals surface area contributed by atoms with Crippen LogP contribution in [-0.4, -0.2) is 23.1 Å². The lowest BCUT2D eigenvalue weighted by molar-refractivity contribution is 0.0447. The minimum Gasteiger partial charge on any atom is -0.441 e. The van der Waals surface area contributed by atoms with E-state index in [4.69, 9.17) is 4.74 Å². The monoisotopic (exact) mass is 325 g/mol. The zero-order chi connectivity index (χ0) is 17.5. The highest BCUT2D eigenvalue weighted by atomic mass is 16.6. The number of amides is 1. The van der Waals surface area contributed by atoms with Crippen molar-refractivity contribution in [2.45, 2.75) is 52.3 Å². The summed E-state index contributed by atoms with van der Waals surface area (Å²) in [5.74, 6) is 0.